The van der Waals surface area contributed by atoms with Gasteiger partial charge in [0.2, 0.25) is 0 Å². The maximum absolute atomic E-state index is 13.7. The lowest BCUT2D eigenvalue weighted by Gasteiger charge is -2.04. The van der Waals surface area contributed by atoms with Crippen LogP contribution in [0.4, 0.5) is 10.1 Å². The second kappa shape index (κ2) is 6.88. The van der Waals surface area contributed by atoms with Crippen LogP contribution in [-0.4, -0.2) is 24.7 Å². The molecule has 2 N–H and O–H groups in total. The Morgan fingerprint density at radius 3 is 2.90 bits per heavy atom. The van der Waals surface area contributed by atoms with Gasteiger partial charge in [-0.3, -0.25) is 4.79 Å². The fourth-order valence-corrected chi connectivity index (χ4v) is 2.32. The van der Waals surface area contributed by atoms with E-state index in [4.69, 9.17) is 9.84 Å². The SMILES string of the molecule is COc1csc(C(=O)Nc2ccc(C#CCO)c(F)c2)c1. The molecule has 4 nitrogen and oxygen atoms in total. The molecule has 0 spiro atoms. The molecular weight excluding hydrogens is 293 g/mol. The van der Waals surface area contributed by atoms with Gasteiger partial charge in [0.1, 0.15) is 18.2 Å². The summed E-state index contributed by atoms with van der Waals surface area (Å²) in [4.78, 5) is 12.4. The number of amides is 1. The Morgan fingerprint density at radius 2 is 2.29 bits per heavy atom. The minimum absolute atomic E-state index is 0.167. The summed E-state index contributed by atoms with van der Waals surface area (Å²) in [5.41, 5.74) is 0.499. The molecule has 108 valence electrons. The van der Waals surface area contributed by atoms with E-state index >= 15 is 0 Å². The molecule has 1 amide bonds. The Labute approximate surface area is 125 Å². The van der Waals surface area contributed by atoms with Crippen LogP contribution >= 0.6 is 11.3 Å². The number of halogens is 1. The van der Waals surface area contributed by atoms with Crippen LogP contribution in [0, 0.1) is 17.7 Å². The van der Waals surface area contributed by atoms with E-state index in [2.05, 4.69) is 17.2 Å². The summed E-state index contributed by atoms with van der Waals surface area (Å²) in [6.07, 6.45) is 0. The number of carbonyl (C=O) groups excluding carboxylic acids is 1. The molecule has 0 bridgehead atoms. The van der Waals surface area contributed by atoms with Gasteiger partial charge in [0, 0.05) is 17.1 Å². The van der Waals surface area contributed by atoms with Gasteiger partial charge in [0.15, 0.2) is 0 Å². The van der Waals surface area contributed by atoms with Gasteiger partial charge < -0.3 is 15.2 Å². The van der Waals surface area contributed by atoms with Crippen molar-refractivity contribution in [1.82, 2.24) is 0 Å². The highest BCUT2D eigenvalue weighted by molar-refractivity contribution is 7.12. The van der Waals surface area contributed by atoms with Crippen LogP contribution < -0.4 is 10.1 Å². The van der Waals surface area contributed by atoms with E-state index in [9.17, 15) is 9.18 Å². The van der Waals surface area contributed by atoms with E-state index in [1.807, 2.05) is 0 Å². The normalized spacial score (nSPS) is 9.67. The zero-order chi connectivity index (χ0) is 15.2. The molecule has 2 aromatic rings. The number of benzene rings is 1. The van der Waals surface area contributed by atoms with Gasteiger partial charge in [-0.2, -0.15) is 0 Å². The average molecular weight is 305 g/mol. The van der Waals surface area contributed by atoms with Gasteiger partial charge in [-0.25, -0.2) is 4.39 Å². The van der Waals surface area contributed by atoms with Crippen molar-refractivity contribution in [3.63, 3.8) is 0 Å². The molecule has 0 aliphatic carbocycles. The largest absolute Gasteiger partial charge is 0.496 e. The highest BCUT2D eigenvalue weighted by atomic mass is 32.1. The first kappa shape index (κ1) is 15.0. The molecule has 2 rings (SSSR count). The van der Waals surface area contributed by atoms with Gasteiger partial charge in [-0.15, -0.1) is 11.3 Å². The van der Waals surface area contributed by atoms with Gasteiger partial charge in [-0.05, 0) is 18.2 Å². The molecule has 21 heavy (non-hydrogen) atoms. The molecule has 6 heteroatoms. The molecule has 0 aliphatic heterocycles. The summed E-state index contributed by atoms with van der Waals surface area (Å²) in [6.45, 7) is -0.335. The molecule has 0 saturated heterocycles. The number of thiophene rings is 1. The van der Waals surface area contributed by atoms with E-state index in [0.29, 0.717) is 16.3 Å². The van der Waals surface area contributed by atoms with Crippen LogP contribution in [0.1, 0.15) is 15.2 Å². The molecule has 1 aromatic heterocycles. The number of carbonyl (C=O) groups is 1. The van der Waals surface area contributed by atoms with Crippen molar-refractivity contribution < 1.29 is 19.0 Å². The molecule has 1 aromatic carbocycles. The number of aliphatic hydroxyl groups excluding tert-OH is 1. The smallest absolute Gasteiger partial charge is 0.265 e. The Bertz CT molecular complexity index is 715. The Kier molecular flexibility index (Phi) is 4.93. The van der Waals surface area contributed by atoms with Crippen LogP contribution in [0.25, 0.3) is 0 Å². The van der Waals surface area contributed by atoms with Crippen molar-refractivity contribution >= 4 is 22.9 Å². The van der Waals surface area contributed by atoms with Crippen molar-refractivity contribution in [2.45, 2.75) is 0 Å². The lowest BCUT2D eigenvalue weighted by atomic mass is 10.2. The van der Waals surface area contributed by atoms with Gasteiger partial charge in [0.05, 0.1) is 17.6 Å². The van der Waals surface area contributed by atoms with E-state index in [-0.39, 0.29) is 18.1 Å². The van der Waals surface area contributed by atoms with E-state index in [1.54, 1.807) is 17.5 Å². The molecular formula is C15H12FNO3S. The second-order valence-electron chi connectivity index (χ2n) is 3.96. The molecule has 0 radical (unpaired) electrons. The zero-order valence-electron chi connectivity index (χ0n) is 11.1. The summed E-state index contributed by atoms with van der Waals surface area (Å²) in [6, 6.07) is 5.79. The van der Waals surface area contributed by atoms with Gasteiger partial charge >= 0.3 is 0 Å². The minimum atomic E-state index is -0.558. The second-order valence-corrected chi connectivity index (χ2v) is 4.87. The maximum atomic E-state index is 13.7. The lowest BCUT2D eigenvalue weighted by molar-refractivity contribution is 0.103. The quantitative estimate of drug-likeness (QED) is 0.857. The highest BCUT2D eigenvalue weighted by Gasteiger charge is 2.11. The van der Waals surface area contributed by atoms with Crippen molar-refractivity contribution in [2.24, 2.45) is 0 Å². The van der Waals surface area contributed by atoms with E-state index < -0.39 is 5.82 Å². The molecule has 1 heterocycles. The number of ether oxygens (including phenoxy) is 1. The fraction of sp³-hybridized carbons (Fsp3) is 0.133. The molecule has 0 aliphatic rings. The first-order chi connectivity index (χ1) is 10.1. The third-order valence-electron chi connectivity index (χ3n) is 2.56. The number of rotatable bonds is 3. The van der Waals surface area contributed by atoms with Crippen LogP contribution in [0.15, 0.2) is 29.6 Å². The van der Waals surface area contributed by atoms with Crippen LogP contribution in [0.5, 0.6) is 5.75 Å². The number of nitrogens with one attached hydrogen (secondary N) is 1. The summed E-state index contributed by atoms with van der Waals surface area (Å²) >= 11 is 1.24. The predicted molar refractivity (Wildman–Crippen MR) is 79.2 cm³/mol. The Morgan fingerprint density at radius 1 is 1.48 bits per heavy atom. The molecule has 0 fully saturated rings. The van der Waals surface area contributed by atoms with Crippen molar-refractivity contribution in [2.75, 3.05) is 19.0 Å². The average Bonchev–Trinajstić information content (AvgIpc) is 2.95. The van der Waals surface area contributed by atoms with E-state index in [0.717, 1.165) is 0 Å². The topological polar surface area (TPSA) is 58.6 Å². The van der Waals surface area contributed by atoms with Gasteiger partial charge in [0.25, 0.3) is 5.91 Å². The van der Waals surface area contributed by atoms with Crippen molar-refractivity contribution in [3.05, 3.63) is 45.9 Å². The predicted octanol–water partition coefficient (Wildman–Crippen LogP) is 2.49. The monoisotopic (exact) mass is 305 g/mol. The number of methoxy groups -OCH3 is 1. The van der Waals surface area contributed by atoms with Crippen LogP contribution in [-0.2, 0) is 0 Å². The number of anilines is 1. The Hall–Kier alpha value is -2.36. The lowest BCUT2D eigenvalue weighted by Crippen LogP contribution is -2.10. The van der Waals surface area contributed by atoms with Crippen molar-refractivity contribution in [3.8, 4) is 17.6 Å². The molecule has 0 atom stereocenters. The number of aliphatic hydroxyl groups is 1. The first-order valence-electron chi connectivity index (χ1n) is 5.97. The number of hydrogen-bond acceptors (Lipinski definition) is 4. The van der Waals surface area contributed by atoms with Crippen LogP contribution in [0.2, 0.25) is 0 Å². The summed E-state index contributed by atoms with van der Waals surface area (Å²) in [5.74, 6) is 4.56. The summed E-state index contributed by atoms with van der Waals surface area (Å²) in [5, 5.41) is 12.9. The highest BCUT2D eigenvalue weighted by Crippen LogP contribution is 2.22. The van der Waals surface area contributed by atoms with E-state index in [1.165, 1.54) is 30.6 Å². The number of hydrogen-bond donors (Lipinski definition) is 2. The Balaban J connectivity index is 2.12. The first-order valence-corrected chi connectivity index (χ1v) is 6.85. The van der Waals surface area contributed by atoms with Gasteiger partial charge in [-0.1, -0.05) is 11.8 Å². The molecule has 0 saturated carbocycles. The fourth-order valence-electron chi connectivity index (χ4n) is 1.57. The third-order valence-corrected chi connectivity index (χ3v) is 3.47. The minimum Gasteiger partial charge on any atom is -0.496 e. The summed E-state index contributed by atoms with van der Waals surface area (Å²) < 4.78 is 18.7. The maximum Gasteiger partial charge on any atom is 0.265 e. The molecule has 0 unspecified atom stereocenters. The van der Waals surface area contributed by atoms with Crippen LogP contribution in [0.3, 0.4) is 0 Å². The summed E-state index contributed by atoms with van der Waals surface area (Å²) in [7, 11) is 1.52. The third kappa shape index (κ3) is 3.81. The zero-order valence-corrected chi connectivity index (χ0v) is 12.0. The standard InChI is InChI=1S/C15H12FNO3S/c1-20-12-8-14(21-9-12)15(19)17-11-5-4-10(3-2-6-18)13(16)7-11/h4-5,7-9,18H,6H2,1H3,(H,17,19). The van der Waals surface area contributed by atoms with Crippen molar-refractivity contribution in [1.29, 1.82) is 0 Å².